The molecule has 18 heavy (non-hydrogen) atoms. The summed E-state index contributed by atoms with van der Waals surface area (Å²) in [5.41, 5.74) is 1.38. The summed E-state index contributed by atoms with van der Waals surface area (Å²) in [7, 11) is 0. The summed E-state index contributed by atoms with van der Waals surface area (Å²) < 4.78 is 6.11. The molecule has 0 saturated carbocycles. The molecule has 0 aromatic carbocycles. The van der Waals surface area contributed by atoms with E-state index in [-0.39, 0.29) is 5.97 Å². The van der Waals surface area contributed by atoms with Gasteiger partial charge in [-0.3, -0.25) is 4.79 Å². The molecule has 0 aliphatic carbocycles. The SMILES string of the molecule is CC(=O)OCCCCCCCCc1c[c]sc1Br. The summed E-state index contributed by atoms with van der Waals surface area (Å²) in [5.74, 6) is -0.173. The fourth-order valence-electron chi connectivity index (χ4n) is 1.79. The van der Waals surface area contributed by atoms with Gasteiger partial charge in [-0.25, -0.2) is 0 Å². The van der Waals surface area contributed by atoms with Crippen LogP contribution in [0.5, 0.6) is 0 Å². The van der Waals surface area contributed by atoms with Gasteiger partial charge in [-0.2, -0.15) is 0 Å². The smallest absolute Gasteiger partial charge is 0.302 e. The number of rotatable bonds is 9. The van der Waals surface area contributed by atoms with Crippen LogP contribution in [-0.2, 0) is 16.0 Å². The Balaban J connectivity index is 1.87. The van der Waals surface area contributed by atoms with Gasteiger partial charge in [0.25, 0.3) is 0 Å². The molecule has 2 nitrogen and oxygen atoms in total. The van der Waals surface area contributed by atoms with Gasteiger partial charge in [-0.1, -0.05) is 25.7 Å². The molecular formula is C14H20BrO2S. The second kappa shape index (κ2) is 9.56. The van der Waals surface area contributed by atoms with Crippen molar-refractivity contribution in [2.45, 2.75) is 51.9 Å². The second-order valence-electron chi connectivity index (χ2n) is 4.37. The van der Waals surface area contributed by atoms with Crippen LogP contribution < -0.4 is 0 Å². The first kappa shape index (κ1) is 15.7. The number of unbranched alkanes of at least 4 members (excludes halogenated alkanes) is 5. The van der Waals surface area contributed by atoms with E-state index in [1.165, 1.54) is 42.0 Å². The van der Waals surface area contributed by atoms with E-state index in [1.807, 2.05) is 0 Å². The van der Waals surface area contributed by atoms with Gasteiger partial charge < -0.3 is 4.74 Å². The Bertz CT molecular complexity index is 349. The highest BCUT2D eigenvalue weighted by Crippen LogP contribution is 2.24. The molecule has 0 bridgehead atoms. The summed E-state index contributed by atoms with van der Waals surface area (Å²) >= 11 is 5.17. The van der Waals surface area contributed by atoms with Gasteiger partial charge in [-0.15, -0.1) is 11.3 Å². The summed E-state index contributed by atoms with van der Waals surface area (Å²) in [5, 5.41) is 3.14. The number of ether oxygens (including phenoxy) is 1. The van der Waals surface area contributed by atoms with Crippen molar-refractivity contribution in [2.24, 2.45) is 0 Å². The van der Waals surface area contributed by atoms with Gasteiger partial charge in [0.2, 0.25) is 0 Å². The average molecular weight is 332 g/mol. The summed E-state index contributed by atoms with van der Waals surface area (Å²) in [6, 6.07) is 2.08. The van der Waals surface area contributed by atoms with Crippen LogP contribution in [0.1, 0.15) is 51.0 Å². The molecule has 0 unspecified atom stereocenters. The molecule has 0 aliphatic heterocycles. The molecule has 1 radical (unpaired) electrons. The second-order valence-corrected chi connectivity index (χ2v) is 6.54. The predicted molar refractivity (Wildman–Crippen MR) is 78.9 cm³/mol. The summed E-state index contributed by atoms with van der Waals surface area (Å²) in [4.78, 5) is 10.5. The molecule has 1 heterocycles. The lowest BCUT2D eigenvalue weighted by Crippen LogP contribution is -2.00. The van der Waals surface area contributed by atoms with E-state index in [4.69, 9.17) is 4.74 Å². The average Bonchev–Trinajstić information content (AvgIpc) is 2.72. The lowest BCUT2D eigenvalue weighted by molar-refractivity contribution is -0.141. The van der Waals surface area contributed by atoms with Crippen LogP contribution in [0.25, 0.3) is 0 Å². The van der Waals surface area contributed by atoms with Crippen molar-refractivity contribution < 1.29 is 9.53 Å². The molecule has 0 spiro atoms. The zero-order chi connectivity index (χ0) is 13.2. The Morgan fingerprint density at radius 2 is 1.94 bits per heavy atom. The summed E-state index contributed by atoms with van der Waals surface area (Å²) in [6.45, 7) is 2.03. The quantitative estimate of drug-likeness (QED) is 0.481. The standard InChI is InChI=1S/C14H20BrO2S/c1-12(16)17-10-7-5-3-2-4-6-8-13-9-11-18-14(13)15/h9H,2-8,10H2,1H3. The number of carbonyl (C=O) groups excluding carboxylic acids is 1. The zero-order valence-electron chi connectivity index (χ0n) is 10.8. The largest absolute Gasteiger partial charge is 0.466 e. The van der Waals surface area contributed by atoms with Crippen molar-refractivity contribution in [3.63, 3.8) is 0 Å². The lowest BCUT2D eigenvalue weighted by Gasteiger charge is -2.03. The Morgan fingerprint density at radius 1 is 1.28 bits per heavy atom. The van der Waals surface area contributed by atoms with E-state index >= 15 is 0 Å². The molecule has 1 aromatic heterocycles. The molecule has 0 atom stereocenters. The first-order chi connectivity index (χ1) is 8.70. The first-order valence-electron chi connectivity index (χ1n) is 6.48. The van der Waals surface area contributed by atoms with E-state index in [1.54, 1.807) is 11.3 Å². The van der Waals surface area contributed by atoms with E-state index in [9.17, 15) is 4.79 Å². The number of carbonyl (C=O) groups is 1. The van der Waals surface area contributed by atoms with Gasteiger partial charge in [0.15, 0.2) is 0 Å². The van der Waals surface area contributed by atoms with Crippen LogP contribution >= 0.6 is 27.3 Å². The number of halogens is 1. The third kappa shape index (κ3) is 7.17. The van der Waals surface area contributed by atoms with Gasteiger partial charge >= 0.3 is 5.97 Å². The predicted octanol–water partition coefficient (Wildman–Crippen LogP) is 4.76. The monoisotopic (exact) mass is 331 g/mol. The highest BCUT2D eigenvalue weighted by atomic mass is 79.9. The van der Waals surface area contributed by atoms with Gasteiger partial charge in [0, 0.05) is 12.3 Å². The molecule has 0 N–H and O–H groups in total. The van der Waals surface area contributed by atoms with Gasteiger partial charge in [0.05, 0.1) is 10.4 Å². The topological polar surface area (TPSA) is 26.3 Å². The maximum Gasteiger partial charge on any atom is 0.302 e. The number of aryl methyl sites for hydroxylation is 1. The third-order valence-corrected chi connectivity index (χ3v) is 4.45. The maximum atomic E-state index is 10.5. The van der Waals surface area contributed by atoms with Crippen molar-refractivity contribution >= 4 is 33.2 Å². The van der Waals surface area contributed by atoms with Crippen LogP contribution in [0, 0.1) is 5.38 Å². The molecule has 1 rings (SSSR count). The van der Waals surface area contributed by atoms with Crippen LogP contribution in [0.4, 0.5) is 0 Å². The fraction of sp³-hybridized carbons (Fsp3) is 0.643. The highest BCUT2D eigenvalue weighted by Gasteiger charge is 2.00. The van der Waals surface area contributed by atoms with Crippen LogP contribution in [0.2, 0.25) is 0 Å². The minimum atomic E-state index is -0.173. The minimum Gasteiger partial charge on any atom is -0.466 e. The molecule has 101 valence electrons. The first-order valence-corrected chi connectivity index (χ1v) is 8.08. The molecule has 0 aliphatic rings. The number of thiophene rings is 1. The molecule has 1 aromatic rings. The van der Waals surface area contributed by atoms with Gasteiger partial charge in [0.1, 0.15) is 0 Å². The van der Waals surface area contributed by atoms with Crippen molar-refractivity contribution in [1.29, 1.82) is 0 Å². The van der Waals surface area contributed by atoms with Crippen molar-refractivity contribution in [2.75, 3.05) is 6.61 Å². The molecule has 0 fully saturated rings. The van der Waals surface area contributed by atoms with E-state index < -0.39 is 0 Å². The Labute approximate surface area is 122 Å². The van der Waals surface area contributed by atoms with E-state index in [0.29, 0.717) is 6.61 Å². The van der Waals surface area contributed by atoms with E-state index in [0.717, 1.165) is 19.3 Å². The number of hydrogen-bond donors (Lipinski definition) is 0. The third-order valence-electron chi connectivity index (χ3n) is 2.78. The molecule has 4 heteroatoms. The number of esters is 1. The van der Waals surface area contributed by atoms with Crippen LogP contribution in [-0.4, -0.2) is 12.6 Å². The molecule has 0 amide bonds. The van der Waals surface area contributed by atoms with Crippen LogP contribution in [0.15, 0.2) is 9.85 Å². The summed E-state index contributed by atoms with van der Waals surface area (Å²) in [6.07, 6.45) is 8.31. The maximum absolute atomic E-state index is 10.5. The van der Waals surface area contributed by atoms with Crippen molar-refractivity contribution in [3.8, 4) is 0 Å². The highest BCUT2D eigenvalue weighted by molar-refractivity contribution is 9.11. The van der Waals surface area contributed by atoms with Crippen molar-refractivity contribution in [1.82, 2.24) is 0 Å². The van der Waals surface area contributed by atoms with E-state index in [2.05, 4.69) is 27.4 Å². The minimum absolute atomic E-state index is 0.173. The molecule has 0 saturated heterocycles. The molecular weight excluding hydrogens is 312 g/mol. The fourth-order valence-corrected chi connectivity index (χ4v) is 2.98. The Kier molecular flexibility index (Phi) is 8.34. The van der Waals surface area contributed by atoms with Crippen molar-refractivity contribution in [3.05, 3.63) is 20.8 Å². The Morgan fingerprint density at radius 3 is 2.56 bits per heavy atom. The lowest BCUT2D eigenvalue weighted by atomic mass is 10.1. The van der Waals surface area contributed by atoms with Crippen LogP contribution in [0.3, 0.4) is 0 Å². The normalized spacial score (nSPS) is 10.6. The Hall–Kier alpha value is -0.350. The van der Waals surface area contributed by atoms with Gasteiger partial charge in [-0.05, 0) is 46.8 Å². The zero-order valence-corrected chi connectivity index (χ0v) is 13.2. The number of hydrogen-bond acceptors (Lipinski definition) is 3.